The van der Waals surface area contributed by atoms with Gasteiger partial charge < -0.3 is 15.4 Å². The molecule has 5 nitrogen and oxygen atoms in total. The van der Waals surface area contributed by atoms with E-state index in [9.17, 15) is 9.59 Å². The van der Waals surface area contributed by atoms with Gasteiger partial charge in [-0.15, -0.1) is 0 Å². The highest BCUT2D eigenvalue weighted by Crippen LogP contribution is 2.23. The second kappa shape index (κ2) is 7.50. The molecule has 0 bridgehead atoms. The molecule has 1 fully saturated rings. The SMILES string of the molecule is C[C@@H]1CCCC[C@@H]1NC(=O)CCNC(=O)OC(C)(C)C. The van der Waals surface area contributed by atoms with Gasteiger partial charge in [0.25, 0.3) is 0 Å². The normalized spacial score (nSPS) is 23.0. The Morgan fingerprint density at radius 1 is 1.20 bits per heavy atom. The third-order valence-electron chi connectivity index (χ3n) is 3.48. The highest BCUT2D eigenvalue weighted by atomic mass is 16.6. The summed E-state index contributed by atoms with van der Waals surface area (Å²) in [7, 11) is 0. The maximum atomic E-state index is 11.8. The van der Waals surface area contributed by atoms with E-state index in [4.69, 9.17) is 4.74 Å². The van der Waals surface area contributed by atoms with Crippen molar-refractivity contribution in [2.24, 2.45) is 5.92 Å². The minimum atomic E-state index is -0.510. The Labute approximate surface area is 121 Å². The van der Waals surface area contributed by atoms with Crippen LogP contribution in [0.15, 0.2) is 0 Å². The molecule has 116 valence electrons. The summed E-state index contributed by atoms with van der Waals surface area (Å²) < 4.78 is 5.10. The fourth-order valence-electron chi connectivity index (χ4n) is 2.40. The van der Waals surface area contributed by atoms with E-state index in [-0.39, 0.29) is 11.9 Å². The van der Waals surface area contributed by atoms with Crippen molar-refractivity contribution >= 4 is 12.0 Å². The second-order valence-electron chi connectivity index (χ2n) is 6.61. The minimum Gasteiger partial charge on any atom is -0.444 e. The van der Waals surface area contributed by atoms with Gasteiger partial charge in [-0.25, -0.2) is 4.79 Å². The molecular formula is C15H28N2O3. The molecule has 0 saturated heterocycles. The summed E-state index contributed by atoms with van der Waals surface area (Å²) >= 11 is 0. The quantitative estimate of drug-likeness (QED) is 0.834. The monoisotopic (exact) mass is 284 g/mol. The lowest BCUT2D eigenvalue weighted by Gasteiger charge is -2.29. The molecule has 0 spiro atoms. The van der Waals surface area contributed by atoms with Crippen molar-refractivity contribution in [1.29, 1.82) is 0 Å². The van der Waals surface area contributed by atoms with Crippen molar-refractivity contribution in [3.8, 4) is 0 Å². The minimum absolute atomic E-state index is 0.000177. The molecular weight excluding hydrogens is 256 g/mol. The van der Waals surface area contributed by atoms with E-state index in [0.29, 0.717) is 18.9 Å². The van der Waals surface area contributed by atoms with Crippen LogP contribution in [0.5, 0.6) is 0 Å². The molecule has 1 rings (SSSR count). The predicted molar refractivity (Wildman–Crippen MR) is 78.4 cm³/mol. The number of alkyl carbamates (subject to hydrolysis) is 1. The molecule has 0 aromatic heterocycles. The smallest absolute Gasteiger partial charge is 0.407 e. The van der Waals surface area contributed by atoms with Crippen LogP contribution in [0, 0.1) is 5.92 Å². The van der Waals surface area contributed by atoms with Crippen LogP contribution in [0.4, 0.5) is 4.79 Å². The molecule has 0 aliphatic heterocycles. The van der Waals surface area contributed by atoms with E-state index in [1.807, 2.05) is 20.8 Å². The Bertz CT molecular complexity index is 337. The van der Waals surface area contributed by atoms with Crippen molar-refractivity contribution < 1.29 is 14.3 Å². The van der Waals surface area contributed by atoms with Gasteiger partial charge in [0.05, 0.1) is 0 Å². The number of hydrogen-bond acceptors (Lipinski definition) is 3. The van der Waals surface area contributed by atoms with E-state index in [2.05, 4.69) is 17.6 Å². The summed E-state index contributed by atoms with van der Waals surface area (Å²) in [5.41, 5.74) is -0.510. The van der Waals surface area contributed by atoms with Crippen molar-refractivity contribution in [3.05, 3.63) is 0 Å². The Balaban J connectivity index is 2.18. The molecule has 0 radical (unpaired) electrons. The van der Waals surface area contributed by atoms with Crippen LogP contribution >= 0.6 is 0 Å². The summed E-state index contributed by atoms with van der Waals surface area (Å²) in [6.45, 7) is 7.92. The number of ether oxygens (including phenoxy) is 1. The Kier molecular flexibility index (Phi) is 6.30. The molecule has 1 aliphatic carbocycles. The van der Waals surface area contributed by atoms with Crippen molar-refractivity contribution in [2.75, 3.05) is 6.54 Å². The summed E-state index contributed by atoms with van der Waals surface area (Å²) in [6.07, 6.45) is 4.51. The van der Waals surface area contributed by atoms with Gasteiger partial charge >= 0.3 is 6.09 Å². The van der Waals surface area contributed by atoms with Gasteiger partial charge in [-0.1, -0.05) is 19.8 Å². The fourth-order valence-corrected chi connectivity index (χ4v) is 2.40. The molecule has 1 saturated carbocycles. The van der Waals surface area contributed by atoms with Gasteiger partial charge in [-0.05, 0) is 39.5 Å². The van der Waals surface area contributed by atoms with E-state index in [1.165, 1.54) is 19.3 Å². The molecule has 2 amide bonds. The molecule has 0 unspecified atom stereocenters. The Morgan fingerprint density at radius 3 is 2.45 bits per heavy atom. The van der Waals surface area contributed by atoms with E-state index in [1.54, 1.807) is 0 Å². The number of nitrogens with one attached hydrogen (secondary N) is 2. The first kappa shape index (κ1) is 16.8. The van der Waals surface area contributed by atoms with Crippen molar-refractivity contribution in [3.63, 3.8) is 0 Å². The lowest BCUT2D eigenvalue weighted by molar-refractivity contribution is -0.122. The topological polar surface area (TPSA) is 67.4 Å². The first-order chi connectivity index (χ1) is 9.28. The third kappa shape index (κ3) is 6.78. The van der Waals surface area contributed by atoms with Gasteiger partial charge in [-0.2, -0.15) is 0 Å². The molecule has 0 aromatic carbocycles. The summed E-state index contributed by atoms with van der Waals surface area (Å²) in [5, 5.41) is 5.66. The highest BCUT2D eigenvalue weighted by Gasteiger charge is 2.22. The lowest BCUT2D eigenvalue weighted by atomic mass is 9.86. The molecule has 2 N–H and O–H groups in total. The second-order valence-corrected chi connectivity index (χ2v) is 6.61. The zero-order valence-corrected chi connectivity index (χ0v) is 13.1. The number of amides is 2. The standard InChI is InChI=1S/C15H28N2O3/c1-11-7-5-6-8-12(11)17-13(18)9-10-16-14(19)20-15(2,3)4/h11-12H,5-10H2,1-4H3,(H,16,19)(H,17,18)/t11-,12+/m1/s1. The first-order valence-corrected chi connectivity index (χ1v) is 7.54. The Hall–Kier alpha value is -1.26. The van der Waals surface area contributed by atoms with Crippen LogP contribution in [-0.4, -0.2) is 30.2 Å². The van der Waals surface area contributed by atoms with Crippen LogP contribution < -0.4 is 10.6 Å². The molecule has 5 heteroatoms. The fraction of sp³-hybridized carbons (Fsp3) is 0.867. The van der Waals surface area contributed by atoms with Crippen LogP contribution in [0.25, 0.3) is 0 Å². The first-order valence-electron chi connectivity index (χ1n) is 7.54. The summed E-state index contributed by atoms with van der Waals surface area (Å²) in [5.74, 6) is 0.548. The average Bonchev–Trinajstić information content (AvgIpc) is 2.29. The molecule has 0 heterocycles. The van der Waals surface area contributed by atoms with Gasteiger partial charge in [-0.3, -0.25) is 4.79 Å². The van der Waals surface area contributed by atoms with Crippen LogP contribution in [0.3, 0.4) is 0 Å². The Morgan fingerprint density at radius 2 is 1.85 bits per heavy atom. The van der Waals surface area contributed by atoms with E-state index in [0.717, 1.165) is 6.42 Å². The van der Waals surface area contributed by atoms with Gasteiger partial charge in [0.2, 0.25) is 5.91 Å². The highest BCUT2D eigenvalue weighted by molar-refractivity contribution is 5.77. The van der Waals surface area contributed by atoms with Gasteiger partial charge in [0.1, 0.15) is 5.60 Å². The summed E-state index contributed by atoms with van der Waals surface area (Å²) in [6, 6.07) is 0.290. The molecule has 0 aromatic rings. The van der Waals surface area contributed by atoms with Crippen LogP contribution in [-0.2, 0) is 9.53 Å². The van der Waals surface area contributed by atoms with Crippen LogP contribution in [0.1, 0.15) is 59.8 Å². The summed E-state index contributed by atoms with van der Waals surface area (Å²) in [4.78, 5) is 23.2. The largest absolute Gasteiger partial charge is 0.444 e. The van der Waals surface area contributed by atoms with Crippen LogP contribution in [0.2, 0.25) is 0 Å². The molecule has 2 atom stereocenters. The van der Waals surface area contributed by atoms with E-state index < -0.39 is 11.7 Å². The number of carbonyl (C=O) groups is 2. The maximum absolute atomic E-state index is 11.8. The van der Waals surface area contributed by atoms with Crippen molar-refractivity contribution in [2.45, 2.75) is 71.4 Å². The molecule has 1 aliphatic rings. The van der Waals surface area contributed by atoms with E-state index >= 15 is 0 Å². The zero-order chi connectivity index (χ0) is 15.2. The van der Waals surface area contributed by atoms with Gasteiger partial charge in [0, 0.05) is 19.0 Å². The average molecular weight is 284 g/mol. The van der Waals surface area contributed by atoms with Gasteiger partial charge in [0.15, 0.2) is 0 Å². The number of rotatable bonds is 4. The number of hydrogen-bond donors (Lipinski definition) is 2. The third-order valence-corrected chi connectivity index (χ3v) is 3.48. The molecule has 20 heavy (non-hydrogen) atoms. The maximum Gasteiger partial charge on any atom is 0.407 e. The lowest BCUT2D eigenvalue weighted by Crippen LogP contribution is -2.42. The predicted octanol–water partition coefficient (Wildman–Crippen LogP) is 2.60. The van der Waals surface area contributed by atoms with Crippen molar-refractivity contribution in [1.82, 2.24) is 10.6 Å². The number of carbonyl (C=O) groups excluding carboxylic acids is 2. The zero-order valence-electron chi connectivity index (χ0n) is 13.1.